The van der Waals surface area contributed by atoms with Gasteiger partial charge in [0.25, 0.3) is 0 Å². The zero-order valence-electron chi connectivity index (χ0n) is 7.17. The van der Waals surface area contributed by atoms with Crippen LogP contribution in [0, 0.1) is 6.92 Å². The van der Waals surface area contributed by atoms with Crippen molar-refractivity contribution in [3.63, 3.8) is 0 Å². The minimum Gasteiger partial charge on any atom is -0.508 e. The van der Waals surface area contributed by atoms with E-state index in [1.807, 2.05) is 13.0 Å². The van der Waals surface area contributed by atoms with Crippen molar-refractivity contribution in [1.82, 2.24) is 0 Å². The summed E-state index contributed by atoms with van der Waals surface area (Å²) in [6.45, 7) is 6.31. The first-order chi connectivity index (χ1) is 5.74. The third-order valence-electron chi connectivity index (χ3n) is 1.66. The van der Waals surface area contributed by atoms with Crippen LogP contribution in [0.2, 0.25) is 0 Å². The Labute approximate surface area is 72.5 Å². The highest BCUT2D eigenvalue weighted by molar-refractivity contribution is 5.54. The molecule has 0 aliphatic rings. The van der Waals surface area contributed by atoms with Crippen LogP contribution in [0.3, 0.4) is 0 Å². The van der Waals surface area contributed by atoms with Crippen LogP contribution in [-0.2, 0) is 0 Å². The van der Waals surface area contributed by atoms with Crippen molar-refractivity contribution in [1.29, 1.82) is 0 Å². The lowest BCUT2D eigenvalue weighted by Crippen LogP contribution is -1.99. The van der Waals surface area contributed by atoms with Crippen molar-refractivity contribution in [3.05, 3.63) is 36.4 Å². The van der Waals surface area contributed by atoms with E-state index in [9.17, 15) is 5.11 Å². The molecule has 0 fully saturated rings. The van der Waals surface area contributed by atoms with E-state index in [2.05, 4.69) is 11.9 Å². The Kier molecular flexibility index (Phi) is 2.75. The van der Waals surface area contributed by atoms with Gasteiger partial charge in [-0.1, -0.05) is 12.1 Å². The molecule has 2 N–H and O–H groups in total. The van der Waals surface area contributed by atoms with Gasteiger partial charge in [-0.05, 0) is 18.6 Å². The summed E-state index contributed by atoms with van der Waals surface area (Å²) in [6, 6.07) is 5.26. The monoisotopic (exact) mass is 163 g/mol. The average Bonchev–Trinajstić information content (AvgIpc) is 2.07. The quantitative estimate of drug-likeness (QED) is 0.670. The lowest BCUT2D eigenvalue weighted by molar-refractivity contribution is 0.475. The molecule has 0 aliphatic heterocycles. The van der Waals surface area contributed by atoms with Gasteiger partial charge in [0, 0.05) is 18.3 Å². The molecule has 0 unspecified atom stereocenters. The Morgan fingerprint density at radius 3 is 3.00 bits per heavy atom. The number of hydrogen-bond acceptors (Lipinski definition) is 2. The second-order valence-corrected chi connectivity index (χ2v) is 2.67. The molecule has 0 saturated carbocycles. The molecule has 0 amide bonds. The highest BCUT2D eigenvalue weighted by Crippen LogP contribution is 2.20. The molecule has 2 heteroatoms. The maximum absolute atomic E-state index is 9.17. The van der Waals surface area contributed by atoms with E-state index in [1.54, 1.807) is 18.2 Å². The van der Waals surface area contributed by atoms with Crippen molar-refractivity contribution in [2.45, 2.75) is 6.92 Å². The number of rotatable bonds is 3. The van der Waals surface area contributed by atoms with Crippen LogP contribution in [0.5, 0.6) is 5.75 Å². The molecule has 1 aromatic carbocycles. The Morgan fingerprint density at radius 2 is 2.33 bits per heavy atom. The molecular formula is C10H13NO. The first kappa shape index (κ1) is 8.65. The number of benzene rings is 1. The van der Waals surface area contributed by atoms with Crippen molar-refractivity contribution in [2.75, 3.05) is 11.9 Å². The maximum atomic E-state index is 9.17. The van der Waals surface area contributed by atoms with Crippen LogP contribution in [0.25, 0.3) is 0 Å². The minimum absolute atomic E-state index is 0.284. The van der Waals surface area contributed by atoms with Crippen molar-refractivity contribution in [3.8, 4) is 5.75 Å². The molecule has 0 saturated heterocycles. The number of phenolic OH excluding ortho intramolecular Hbond substituents is 1. The van der Waals surface area contributed by atoms with Crippen LogP contribution in [0.15, 0.2) is 30.9 Å². The van der Waals surface area contributed by atoms with Gasteiger partial charge in [-0.3, -0.25) is 0 Å². The van der Waals surface area contributed by atoms with Gasteiger partial charge < -0.3 is 10.4 Å². The summed E-state index contributed by atoms with van der Waals surface area (Å²) in [5.41, 5.74) is 2.07. The maximum Gasteiger partial charge on any atom is 0.117 e. The molecule has 1 aromatic rings. The smallest absolute Gasteiger partial charge is 0.117 e. The molecule has 0 radical (unpaired) electrons. The molecule has 0 spiro atoms. The molecule has 1 rings (SSSR count). The summed E-state index contributed by atoms with van der Waals surface area (Å²) in [7, 11) is 0. The van der Waals surface area contributed by atoms with Gasteiger partial charge >= 0.3 is 0 Å². The van der Waals surface area contributed by atoms with E-state index in [-0.39, 0.29) is 5.75 Å². The van der Waals surface area contributed by atoms with Crippen LogP contribution in [0.1, 0.15) is 5.56 Å². The highest BCUT2D eigenvalue weighted by atomic mass is 16.3. The molecule has 0 aromatic heterocycles. The zero-order chi connectivity index (χ0) is 8.97. The first-order valence-electron chi connectivity index (χ1n) is 3.88. The molecule has 0 aliphatic carbocycles. The fourth-order valence-electron chi connectivity index (χ4n) is 0.983. The highest BCUT2D eigenvalue weighted by Gasteiger charge is 1.96. The van der Waals surface area contributed by atoms with E-state index >= 15 is 0 Å². The van der Waals surface area contributed by atoms with Crippen molar-refractivity contribution < 1.29 is 5.11 Å². The van der Waals surface area contributed by atoms with Gasteiger partial charge in [-0.25, -0.2) is 0 Å². The van der Waals surface area contributed by atoms with Gasteiger partial charge in [-0.15, -0.1) is 6.58 Å². The summed E-state index contributed by atoms with van der Waals surface area (Å²) in [5.74, 6) is 0.284. The van der Waals surface area contributed by atoms with E-state index in [0.29, 0.717) is 6.54 Å². The molecule has 12 heavy (non-hydrogen) atoms. The van der Waals surface area contributed by atoms with E-state index in [0.717, 1.165) is 11.3 Å². The third-order valence-corrected chi connectivity index (χ3v) is 1.66. The number of hydrogen-bond donors (Lipinski definition) is 2. The van der Waals surface area contributed by atoms with Crippen LogP contribution < -0.4 is 5.32 Å². The number of aryl methyl sites for hydroxylation is 1. The van der Waals surface area contributed by atoms with Gasteiger partial charge in [0.2, 0.25) is 0 Å². The summed E-state index contributed by atoms with van der Waals surface area (Å²) in [4.78, 5) is 0. The lowest BCUT2D eigenvalue weighted by Gasteiger charge is -2.06. The number of nitrogens with one attached hydrogen (secondary N) is 1. The normalized spacial score (nSPS) is 9.42. The second-order valence-electron chi connectivity index (χ2n) is 2.67. The van der Waals surface area contributed by atoms with Crippen molar-refractivity contribution in [2.24, 2.45) is 0 Å². The summed E-state index contributed by atoms with van der Waals surface area (Å²) in [6.07, 6.45) is 1.78. The number of aromatic hydroxyl groups is 1. The molecule has 0 atom stereocenters. The van der Waals surface area contributed by atoms with Crippen LogP contribution >= 0.6 is 0 Å². The topological polar surface area (TPSA) is 32.3 Å². The van der Waals surface area contributed by atoms with Crippen molar-refractivity contribution >= 4 is 5.69 Å². The SMILES string of the molecule is C=CCNc1cc(O)ccc1C. The summed E-state index contributed by atoms with van der Waals surface area (Å²) >= 11 is 0. The molecule has 0 heterocycles. The predicted molar refractivity (Wildman–Crippen MR) is 51.5 cm³/mol. The average molecular weight is 163 g/mol. The molecule has 2 nitrogen and oxygen atoms in total. The Hall–Kier alpha value is -1.44. The largest absolute Gasteiger partial charge is 0.508 e. The summed E-state index contributed by atoms with van der Waals surface area (Å²) < 4.78 is 0. The first-order valence-corrected chi connectivity index (χ1v) is 3.88. The predicted octanol–water partition coefficient (Wildman–Crippen LogP) is 2.30. The number of anilines is 1. The molecule has 64 valence electrons. The standard InChI is InChI=1S/C10H13NO/c1-3-6-11-10-7-9(12)5-4-8(10)2/h3-5,7,11-12H,1,6H2,2H3. The summed E-state index contributed by atoms with van der Waals surface area (Å²) in [5, 5.41) is 12.3. The van der Waals surface area contributed by atoms with Crippen LogP contribution in [0.4, 0.5) is 5.69 Å². The fourth-order valence-corrected chi connectivity index (χ4v) is 0.983. The molecular weight excluding hydrogens is 150 g/mol. The van der Waals surface area contributed by atoms with Gasteiger partial charge in [0.1, 0.15) is 5.75 Å². The Morgan fingerprint density at radius 1 is 1.58 bits per heavy atom. The minimum atomic E-state index is 0.284. The van der Waals surface area contributed by atoms with E-state index in [4.69, 9.17) is 0 Å². The van der Waals surface area contributed by atoms with Gasteiger partial charge in [0.15, 0.2) is 0 Å². The Balaban J connectivity index is 2.82. The fraction of sp³-hybridized carbons (Fsp3) is 0.200. The van der Waals surface area contributed by atoms with Crippen LogP contribution in [-0.4, -0.2) is 11.7 Å². The van der Waals surface area contributed by atoms with E-state index < -0.39 is 0 Å². The van der Waals surface area contributed by atoms with E-state index in [1.165, 1.54) is 0 Å². The third kappa shape index (κ3) is 2.02. The van der Waals surface area contributed by atoms with Gasteiger partial charge in [0.05, 0.1) is 0 Å². The van der Waals surface area contributed by atoms with Gasteiger partial charge in [-0.2, -0.15) is 0 Å². The second kappa shape index (κ2) is 3.81. The molecule has 0 bridgehead atoms. The Bertz CT molecular complexity index is 281. The number of phenols is 1. The zero-order valence-corrected chi connectivity index (χ0v) is 7.17. The lowest BCUT2D eigenvalue weighted by atomic mass is 10.2.